The van der Waals surface area contributed by atoms with Crippen LogP contribution >= 0.6 is 11.3 Å². The first kappa shape index (κ1) is 18.9. The lowest BCUT2D eigenvalue weighted by Gasteiger charge is -2.34. The minimum Gasteiger partial charge on any atom is -0.347 e. The molecule has 0 aromatic carbocycles. The second-order valence-corrected chi connectivity index (χ2v) is 9.76. The maximum atomic E-state index is 12.4. The molecule has 1 saturated heterocycles. The van der Waals surface area contributed by atoms with E-state index >= 15 is 0 Å². The minimum absolute atomic E-state index is 0.0617. The van der Waals surface area contributed by atoms with Crippen molar-refractivity contribution in [3.63, 3.8) is 0 Å². The smallest absolute Gasteiger partial charge is 0.252 e. The van der Waals surface area contributed by atoms with Gasteiger partial charge in [0, 0.05) is 31.6 Å². The van der Waals surface area contributed by atoms with Gasteiger partial charge in [-0.05, 0) is 11.4 Å². The Hall–Kier alpha value is -1.45. The number of rotatable bonds is 4. The van der Waals surface area contributed by atoms with E-state index in [1.807, 2.05) is 0 Å². The van der Waals surface area contributed by atoms with Gasteiger partial charge in [-0.3, -0.25) is 9.59 Å². The highest BCUT2D eigenvalue weighted by Gasteiger charge is 2.31. The average Bonchev–Trinajstić information content (AvgIpc) is 3.06. The van der Waals surface area contributed by atoms with Crippen LogP contribution in [0.1, 0.15) is 20.8 Å². The Bertz CT molecular complexity index is 685. The third kappa shape index (κ3) is 4.34. The third-order valence-electron chi connectivity index (χ3n) is 3.76. The van der Waals surface area contributed by atoms with Crippen LogP contribution in [-0.4, -0.2) is 62.2 Å². The van der Waals surface area contributed by atoms with Crippen LogP contribution in [0, 0.1) is 5.41 Å². The van der Waals surface area contributed by atoms with Crippen LogP contribution < -0.4 is 5.32 Å². The summed E-state index contributed by atoms with van der Waals surface area (Å²) in [5.74, 6) is -0.379. The molecule has 1 aliphatic heterocycles. The number of nitrogens with one attached hydrogen (secondary N) is 1. The highest BCUT2D eigenvalue weighted by molar-refractivity contribution is 7.91. The van der Waals surface area contributed by atoms with E-state index in [1.165, 1.54) is 15.6 Å². The van der Waals surface area contributed by atoms with Crippen LogP contribution in [0.15, 0.2) is 21.7 Å². The number of carbonyl (C=O) groups is 2. The standard InChI is InChI=1S/C15H23N3O4S2/c1-15(2,3)14(20)16-11-12(19)17-6-8-18(9-7-17)24(21,22)13-5-4-10-23-13/h4-5,10H,6-9,11H2,1-3H3,(H,16,20). The Morgan fingerprint density at radius 2 is 1.83 bits per heavy atom. The number of amides is 2. The molecule has 0 radical (unpaired) electrons. The molecule has 0 bridgehead atoms. The molecule has 1 N–H and O–H groups in total. The molecule has 1 aliphatic rings. The van der Waals surface area contributed by atoms with E-state index in [2.05, 4.69) is 5.32 Å². The summed E-state index contributed by atoms with van der Waals surface area (Å²) in [6.45, 7) is 6.46. The second kappa shape index (κ2) is 7.20. The Morgan fingerprint density at radius 1 is 1.21 bits per heavy atom. The summed E-state index contributed by atoms with van der Waals surface area (Å²) in [4.78, 5) is 25.5. The Kier molecular flexibility index (Phi) is 5.67. The molecule has 0 aliphatic carbocycles. The average molecular weight is 374 g/mol. The van der Waals surface area contributed by atoms with Gasteiger partial charge in [0.25, 0.3) is 10.0 Å². The molecule has 134 valence electrons. The van der Waals surface area contributed by atoms with Gasteiger partial charge in [-0.2, -0.15) is 4.31 Å². The summed E-state index contributed by atoms with van der Waals surface area (Å²) in [5, 5.41) is 4.35. The molecule has 2 rings (SSSR count). The fourth-order valence-electron chi connectivity index (χ4n) is 2.25. The molecule has 0 unspecified atom stereocenters. The molecule has 0 saturated carbocycles. The van der Waals surface area contributed by atoms with Gasteiger partial charge in [0.1, 0.15) is 4.21 Å². The summed E-state index contributed by atoms with van der Waals surface area (Å²) in [6, 6.07) is 3.29. The lowest BCUT2D eigenvalue weighted by molar-refractivity contribution is -0.135. The Balaban J connectivity index is 1.86. The highest BCUT2D eigenvalue weighted by Crippen LogP contribution is 2.22. The van der Waals surface area contributed by atoms with Gasteiger partial charge in [0.05, 0.1) is 6.54 Å². The van der Waals surface area contributed by atoms with E-state index in [0.29, 0.717) is 17.3 Å². The molecule has 0 spiro atoms. The predicted molar refractivity (Wildman–Crippen MR) is 92.1 cm³/mol. The summed E-state index contributed by atoms with van der Waals surface area (Å²) in [5.41, 5.74) is -0.548. The zero-order valence-electron chi connectivity index (χ0n) is 14.1. The molecule has 1 aromatic heterocycles. The van der Waals surface area contributed by atoms with Crippen LogP contribution in [0.4, 0.5) is 0 Å². The normalized spacial score (nSPS) is 16.9. The van der Waals surface area contributed by atoms with E-state index in [-0.39, 0.29) is 31.4 Å². The summed E-state index contributed by atoms with van der Waals surface area (Å²) in [6.07, 6.45) is 0. The fourth-order valence-corrected chi connectivity index (χ4v) is 4.81. The van der Waals surface area contributed by atoms with Gasteiger partial charge in [-0.1, -0.05) is 26.8 Å². The van der Waals surface area contributed by atoms with Crippen molar-refractivity contribution in [3.8, 4) is 0 Å². The minimum atomic E-state index is -3.47. The Labute approximate surface area is 146 Å². The number of thiophene rings is 1. The first-order valence-corrected chi connectivity index (χ1v) is 10.0. The molecule has 9 heteroatoms. The van der Waals surface area contributed by atoms with Crippen molar-refractivity contribution in [2.75, 3.05) is 32.7 Å². The van der Waals surface area contributed by atoms with E-state index in [0.717, 1.165) is 0 Å². The molecule has 24 heavy (non-hydrogen) atoms. The van der Waals surface area contributed by atoms with Crippen LogP contribution in [-0.2, 0) is 19.6 Å². The monoisotopic (exact) mass is 373 g/mol. The zero-order valence-corrected chi connectivity index (χ0v) is 15.7. The van der Waals surface area contributed by atoms with Crippen molar-refractivity contribution in [2.45, 2.75) is 25.0 Å². The van der Waals surface area contributed by atoms with Gasteiger partial charge < -0.3 is 10.2 Å². The predicted octanol–water partition coefficient (Wildman–Crippen LogP) is 0.743. The van der Waals surface area contributed by atoms with Crippen molar-refractivity contribution in [2.24, 2.45) is 5.41 Å². The summed E-state index contributed by atoms with van der Waals surface area (Å²) < 4.78 is 26.6. The Morgan fingerprint density at radius 3 is 2.33 bits per heavy atom. The summed E-state index contributed by atoms with van der Waals surface area (Å²) in [7, 11) is -3.47. The summed E-state index contributed by atoms with van der Waals surface area (Å²) >= 11 is 1.19. The van der Waals surface area contributed by atoms with Crippen LogP contribution in [0.3, 0.4) is 0 Å². The van der Waals surface area contributed by atoms with Gasteiger partial charge in [-0.25, -0.2) is 8.42 Å². The van der Waals surface area contributed by atoms with Crippen molar-refractivity contribution < 1.29 is 18.0 Å². The van der Waals surface area contributed by atoms with Crippen molar-refractivity contribution in [3.05, 3.63) is 17.5 Å². The van der Waals surface area contributed by atoms with Crippen LogP contribution in [0.2, 0.25) is 0 Å². The lowest BCUT2D eigenvalue weighted by atomic mass is 9.96. The molecular formula is C15H23N3O4S2. The lowest BCUT2D eigenvalue weighted by Crippen LogP contribution is -2.52. The SMILES string of the molecule is CC(C)(C)C(=O)NCC(=O)N1CCN(S(=O)(=O)c2cccs2)CC1. The molecule has 2 heterocycles. The molecule has 0 atom stereocenters. The molecule has 2 amide bonds. The van der Waals surface area contributed by atoms with Crippen molar-refractivity contribution in [1.29, 1.82) is 0 Å². The molecule has 7 nitrogen and oxygen atoms in total. The fraction of sp³-hybridized carbons (Fsp3) is 0.600. The zero-order chi connectivity index (χ0) is 18.0. The number of sulfonamides is 1. The van der Waals surface area contributed by atoms with Crippen LogP contribution in [0.25, 0.3) is 0 Å². The van der Waals surface area contributed by atoms with Gasteiger partial charge >= 0.3 is 0 Å². The van der Waals surface area contributed by atoms with Crippen molar-refractivity contribution >= 4 is 33.2 Å². The van der Waals surface area contributed by atoms with E-state index in [9.17, 15) is 18.0 Å². The first-order valence-electron chi connectivity index (χ1n) is 7.72. The number of carbonyl (C=O) groups excluding carboxylic acids is 2. The van der Waals surface area contributed by atoms with Gasteiger partial charge in [0.15, 0.2) is 0 Å². The van der Waals surface area contributed by atoms with E-state index in [4.69, 9.17) is 0 Å². The van der Waals surface area contributed by atoms with E-state index in [1.54, 1.807) is 43.2 Å². The molecule has 1 aromatic rings. The largest absolute Gasteiger partial charge is 0.347 e. The molecule has 1 fully saturated rings. The maximum absolute atomic E-state index is 12.4. The first-order chi connectivity index (χ1) is 11.1. The number of hydrogen-bond acceptors (Lipinski definition) is 5. The molecular weight excluding hydrogens is 350 g/mol. The van der Waals surface area contributed by atoms with Crippen molar-refractivity contribution in [1.82, 2.24) is 14.5 Å². The van der Waals surface area contributed by atoms with E-state index < -0.39 is 15.4 Å². The van der Waals surface area contributed by atoms with Crippen LogP contribution in [0.5, 0.6) is 0 Å². The highest BCUT2D eigenvalue weighted by atomic mass is 32.2. The third-order valence-corrected chi connectivity index (χ3v) is 7.03. The number of nitrogens with zero attached hydrogens (tertiary/aromatic N) is 2. The number of piperazine rings is 1. The topological polar surface area (TPSA) is 86.8 Å². The van der Waals surface area contributed by atoms with Gasteiger partial charge in [0.2, 0.25) is 11.8 Å². The maximum Gasteiger partial charge on any atom is 0.252 e. The second-order valence-electron chi connectivity index (χ2n) is 6.65. The van der Waals surface area contributed by atoms with Gasteiger partial charge in [-0.15, -0.1) is 11.3 Å². The quantitative estimate of drug-likeness (QED) is 0.843. The number of hydrogen-bond donors (Lipinski definition) is 1.